The zero-order valence-corrected chi connectivity index (χ0v) is 13.5. The minimum Gasteiger partial charge on any atom is -0.350 e. The molecule has 0 radical (unpaired) electrons. The van der Waals surface area contributed by atoms with Crippen molar-refractivity contribution in [2.75, 3.05) is 13.6 Å². The third kappa shape index (κ3) is 5.02. The Bertz CT molecular complexity index is 524. The summed E-state index contributed by atoms with van der Waals surface area (Å²) in [6.45, 7) is 5.62. The van der Waals surface area contributed by atoms with Crippen LogP contribution in [-0.2, 0) is 4.79 Å². The number of rotatable bonds is 3. The molecule has 20 heavy (non-hydrogen) atoms. The zero-order valence-electron chi connectivity index (χ0n) is 12.0. The highest BCUT2D eigenvalue weighted by atomic mass is 35.5. The van der Waals surface area contributed by atoms with Gasteiger partial charge in [-0.1, -0.05) is 23.2 Å². The molecule has 0 heterocycles. The lowest BCUT2D eigenvalue weighted by molar-refractivity contribution is -0.122. The molecule has 0 saturated heterocycles. The Morgan fingerprint density at radius 2 is 1.80 bits per heavy atom. The highest BCUT2D eigenvalue weighted by molar-refractivity contribution is 6.42. The Morgan fingerprint density at radius 3 is 2.30 bits per heavy atom. The van der Waals surface area contributed by atoms with E-state index in [-0.39, 0.29) is 23.9 Å². The Hall–Kier alpha value is -1.26. The van der Waals surface area contributed by atoms with Gasteiger partial charge in [0.05, 0.1) is 16.6 Å². The van der Waals surface area contributed by atoms with Crippen LogP contribution in [0.3, 0.4) is 0 Å². The third-order valence-corrected chi connectivity index (χ3v) is 3.15. The van der Waals surface area contributed by atoms with Crippen molar-refractivity contribution in [3.8, 4) is 0 Å². The second-order valence-electron chi connectivity index (χ2n) is 5.59. The molecule has 0 bridgehead atoms. The minimum absolute atomic E-state index is 0.0175. The summed E-state index contributed by atoms with van der Waals surface area (Å²) >= 11 is 11.7. The van der Waals surface area contributed by atoms with Crippen molar-refractivity contribution < 1.29 is 9.59 Å². The average molecular weight is 317 g/mol. The van der Waals surface area contributed by atoms with Gasteiger partial charge >= 0.3 is 0 Å². The van der Waals surface area contributed by atoms with Crippen molar-refractivity contribution in [2.45, 2.75) is 26.3 Å². The molecule has 1 aromatic rings. The van der Waals surface area contributed by atoms with Crippen molar-refractivity contribution in [3.63, 3.8) is 0 Å². The quantitative estimate of drug-likeness (QED) is 0.932. The lowest BCUT2D eigenvalue weighted by Gasteiger charge is -2.23. The number of hydrogen-bond acceptors (Lipinski definition) is 2. The van der Waals surface area contributed by atoms with E-state index in [0.29, 0.717) is 15.6 Å². The largest absolute Gasteiger partial charge is 0.350 e. The number of likely N-dealkylation sites (N-methyl/N-ethyl adjacent to an activating group) is 1. The van der Waals surface area contributed by atoms with Gasteiger partial charge in [0.25, 0.3) is 5.91 Å². The van der Waals surface area contributed by atoms with Crippen LogP contribution < -0.4 is 5.32 Å². The Kier molecular flexibility index (Phi) is 5.42. The van der Waals surface area contributed by atoms with Gasteiger partial charge in [0.15, 0.2) is 0 Å². The van der Waals surface area contributed by atoms with Gasteiger partial charge in [-0.25, -0.2) is 0 Å². The fourth-order valence-corrected chi connectivity index (χ4v) is 1.89. The van der Waals surface area contributed by atoms with Crippen LogP contribution in [0.5, 0.6) is 0 Å². The molecule has 1 aromatic carbocycles. The molecule has 110 valence electrons. The second-order valence-corrected chi connectivity index (χ2v) is 6.40. The molecule has 0 saturated carbocycles. The monoisotopic (exact) mass is 316 g/mol. The van der Waals surface area contributed by atoms with E-state index in [1.54, 1.807) is 19.2 Å². The first kappa shape index (κ1) is 16.8. The molecular weight excluding hydrogens is 299 g/mol. The molecule has 0 spiro atoms. The molecule has 0 aliphatic rings. The van der Waals surface area contributed by atoms with E-state index in [0.717, 1.165) is 0 Å². The molecule has 0 fully saturated rings. The molecule has 6 heteroatoms. The average Bonchev–Trinajstić information content (AvgIpc) is 2.29. The van der Waals surface area contributed by atoms with E-state index in [1.807, 2.05) is 20.8 Å². The second kappa shape index (κ2) is 6.46. The Morgan fingerprint density at radius 1 is 1.20 bits per heavy atom. The predicted octanol–water partition coefficient (Wildman–Crippen LogP) is 2.98. The topological polar surface area (TPSA) is 49.4 Å². The molecule has 4 nitrogen and oxygen atoms in total. The van der Waals surface area contributed by atoms with E-state index in [9.17, 15) is 9.59 Å². The first-order valence-corrected chi connectivity index (χ1v) is 6.87. The van der Waals surface area contributed by atoms with Gasteiger partial charge < -0.3 is 10.2 Å². The third-order valence-electron chi connectivity index (χ3n) is 2.41. The standard InChI is InChI=1S/C14H18Cl2N2O2/c1-14(2,3)17-12(19)8-18(4)13(20)9-5-6-10(15)11(16)7-9/h5-7H,8H2,1-4H3,(H,17,19). The van der Waals surface area contributed by atoms with Crippen LogP contribution in [0.4, 0.5) is 0 Å². The van der Waals surface area contributed by atoms with Crippen molar-refractivity contribution in [1.82, 2.24) is 10.2 Å². The predicted molar refractivity (Wildman–Crippen MR) is 81.3 cm³/mol. The van der Waals surface area contributed by atoms with Crippen LogP contribution >= 0.6 is 23.2 Å². The van der Waals surface area contributed by atoms with Crippen molar-refractivity contribution in [3.05, 3.63) is 33.8 Å². The van der Waals surface area contributed by atoms with Crippen LogP contribution in [-0.4, -0.2) is 35.8 Å². The lowest BCUT2D eigenvalue weighted by Crippen LogP contribution is -2.46. The van der Waals surface area contributed by atoms with Gasteiger partial charge in [-0.2, -0.15) is 0 Å². The molecule has 0 atom stereocenters. The summed E-state index contributed by atoms with van der Waals surface area (Å²) in [5, 5.41) is 3.49. The number of carbonyl (C=O) groups excluding carboxylic acids is 2. The molecule has 0 aliphatic heterocycles. The van der Waals surface area contributed by atoms with Crippen LogP contribution in [0.25, 0.3) is 0 Å². The van der Waals surface area contributed by atoms with Gasteiger partial charge in [0.1, 0.15) is 0 Å². The SMILES string of the molecule is CN(CC(=O)NC(C)(C)C)C(=O)c1ccc(Cl)c(Cl)c1. The number of amides is 2. The number of nitrogens with one attached hydrogen (secondary N) is 1. The van der Waals surface area contributed by atoms with Crippen molar-refractivity contribution >= 4 is 35.0 Å². The smallest absolute Gasteiger partial charge is 0.254 e. The molecule has 1 N–H and O–H groups in total. The summed E-state index contributed by atoms with van der Waals surface area (Å²) in [6, 6.07) is 4.62. The molecule has 1 rings (SSSR count). The van der Waals surface area contributed by atoms with E-state index < -0.39 is 0 Å². The molecule has 2 amide bonds. The first-order valence-electron chi connectivity index (χ1n) is 6.11. The van der Waals surface area contributed by atoms with Gasteiger partial charge in [0.2, 0.25) is 5.91 Å². The summed E-state index contributed by atoms with van der Waals surface area (Å²) in [4.78, 5) is 25.3. The van der Waals surface area contributed by atoms with Gasteiger partial charge in [-0.3, -0.25) is 9.59 Å². The Balaban J connectivity index is 2.72. The summed E-state index contributed by atoms with van der Waals surface area (Å²) in [5.74, 6) is -0.499. The maximum absolute atomic E-state index is 12.2. The van der Waals surface area contributed by atoms with E-state index >= 15 is 0 Å². The fourth-order valence-electron chi connectivity index (χ4n) is 1.59. The van der Waals surface area contributed by atoms with Crippen molar-refractivity contribution in [1.29, 1.82) is 0 Å². The maximum Gasteiger partial charge on any atom is 0.254 e. The van der Waals surface area contributed by atoms with Crippen LogP contribution in [0.15, 0.2) is 18.2 Å². The van der Waals surface area contributed by atoms with Crippen LogP contribution in [0.2, 0.25) is 10.0 Å². The Labute approximate surface area is 129 Å². The highest BCUT2D eigenvalue weighted by Gasteiger charge is 2.19. The summed E-state index contributed by atoms with van der Waals surface area (Å²) in [7, 11) is 1.56. The summed E-state index contributed by atoms with van der Waals surface area (Å²) in [5.41, 5.74) is 0.0651. The number of halogens is 2. The maximum atomic E-state index is 12.2. The molecular formula is C14H18Cl2N2O2. The van der Waals surface area contributed by atoms with Crippen LogP contribution in [0.1, 0.15) is 31.1 Å². The molecule has 0 aliphatic carbocycles. The number of carbonyl (C=O) groups is 2. The fraction of sp³-hybridized carbons (Fsp3) is 0.429. The van der Waals surface area contributed by atoms with Crippen molar-refractivity contribution in [2.24, 2.45) is 0 Å². The van der Waals surface area contributed by atoms with E-state index in [2.05, 4.69) is 5.32 Å². The van der Waals surface area contributed by atoms with Crippen LogP contribution in [0, 0.1) is 0 Å². The van der Waals surface area contributed by atoms with E-state index in [1.165, 1.54) is 11.0 Å². The lowest BCUT2D eigenvalue weighted by atomic mass is 10.1. The zero-order chi connectivity index (χ0) is 15.5. The normalized spacial score (nSPS) is 11.1. The van der Waals surface area contributed by atoms with E-state index in [4.69, 9.17) is 23.2 Å². The minimum atomic E-state index is -0.329. The number of nitrogens with zero attached hydrogens (tertiary/aromatic N) is 1. The summed E-state index contributed by atoms with van der Waals surface area (Å²) in [6.07, 6.45) is 0. The first-order chi connectivity index (χ1) is 9.10. The highest BCUT2D eigenvalue weighted by Crippen LogP contribution is 2.23. The van der Waals surface area contributed by atoms with Gasteiger partial charge in [0, 0.05) is 18.2 Å². The molecule has 0 aromatic heterocycles. The number of benzene rings is 1. The van der Waals surface area contributed by atoms with Gasteiger partial charge in [-0.15, -0.1) is 0 Å². The van der Waals surface area contributed by atoms with Gasteiger partial charge in [-0.05, 0) is 39.0 Å². The summed E-state index contributed by atoms with van der Waals surface area (Å²) < 4.78 is 0. The molecule has 0 unspecified atom stereocenters. The number of hydrogen-bond donors (Lipinski definition) is 1.